The topological polar surface area (TPSA) is 67.0 Å². The molecule has 0 saturated carbocycles. The number of methoxy groups -OCH3 is 1. The number of para-hydroxylation sites is 1. The van der Waals surface area contributed by atoms with E-state index in [1.807, 2.05) is 36.4 Å². The number of fused-ring (bicyclic) bond motifs is 1. The van der Waals surface area contributed by atoms with Gasteiger partial charge in [-0.1, -0.05) is 18.2 Å². The Kier molecular flexibility index (Phi) is 4.05. The highest BCUT2D eigenvalue weighted by Crippen LogP contribution is 2.14. The third-order valence-corrected chi connectivity index (χ3v) is 3.55. The molecule has 0 bridgehead atoms. The largest absolute Gasteiger partial charge is 0.497 e. The lowest BCUT2D eigenvalue weighted by molar-refractivity contribution is 0.0955. The fourth-order valence-electron chi connectivity index (χ4n) is 2.36. The molecule has 0 aliphatic rings. The minimum Gasteiger partial charge on any atom is -0.497 e. The van der Waals surface area contributed by atoms with Crippen molar-refractivity contribution in [1.29, 1.82) is 0 Å². The van der Waals surface area contributed by atoms with Gasteiger partial charge >= 0.3 is 0 Å². The van der Waals surface area contributed by atoms with Gasteiger partial charge in [0.1, 0.15) is 11.3 Å². The summed E-state index contributed by atoms with van der Waals surface area (Å²) in [5, 5.41) is 2.93. The fourth-order valence-corrected chi connectivity index (χ4v) is 2.36. The standard InChI is InChI=1S/C17H17N3O2/c1-22-13-7-5-12(6-8-13)9-10-18-17(21)14-3-2-4-15-16(14)20-11-19-15/h2-8,11H,9-10H2,1H3,(H,18,21)(H,19,20). The average molecular weight is 295 g/mol. The molecule has 0 radical (unpaired) electrons. The molecule has 1 amide bonds. The van der Waals surface area contributed by atoms with Crippen molar-refractivity contribution in [3.63, 3.8) is 0 Å². The van der Waals surface area contributed by atoms with Crippen LogP contribution in [0.2, 0.25) is 0 Å². The van der Waals surface area contributed by atoms with Gasteiger partial charge in [-0.2, -0.15) is 0 Å². The summed E-state index contributed by atoms with van der Waals surface area (Å²) in [5.41, 5.74) is 3.31. The number of nitrogens with one attached hydrogen (secondary N) is 2. The highest BCUT2D eigenvalue weighted by molar-refractivity contribution is 6.04. The van der Waals surface area contributed by atoms with Gasteiger partial charge in [-0.3, -0.25) is 4.79 Å². The predicted octanol–water partition coefficient (Wildman–Crippen LogP) is 2.54. The van der Waals surface area contributed by atoms with E-state index in [1.54, 1.807) is 19.5 Å². The van der Waals surface area contributed by atoms with Gasteiger partial charge in [-0.05, 0) is 36.2 Å². The van der Waals surface area contributed by atoms with Gasteiger partial charge in [0.05, 0.1) is 24.5 Å². The number of benzene rings is 2. The molecule has 0 aliphatic carbocycles. The third-order valence-electron chi connectivity index (χ3n) is 3.55. The maximum Gasteiger partial charge on any atom is 0.253 e. The summed E-state index contributed by atoms with van der Waals surface area (Å²) in [6.07, 6.45) is 2.37. The van der Waals surface area contributed by atoms with Gasteiger partial charge in [-0.25, -0.2) is 4.98 Å². The Labute approximate surface area is 128 Å². The molecule has 1 heterocycles. The molecule has 0 saturated heterocycles. The van der Waals surface area contributed by atoms with E-state index in [2.05, 4.69) is 15.3 Å². The molecule has 2 aromatic carbocycles. The van der Waals surface area contributed by atoms with Crippen molar-refractivity contribution in [1.82, 2.24) is 15.3 Å². The van der Waals surface area contributed by atoms with E-state index in [4.69, 9.17) is 4.74 Å². The number of imidazole rings is 1. The molecule has 112 valence electrons. The van der Waals surface area contributed by atoms with Crippen LogP contribution in [0.3, 0.4) is 0 Å². The van der Waals surface area contributed by atoms with Crippen LogP contribution in [0.4, 0.5) is 0 Å². The van der Waals surface area contributed by atoms with Gasteiger partial charge in [0.15, 0.2) is 0 Å². The zero-order valence-electron chi connectivity index (χ0n) is 12.3. The first-order chi connectivity index (χ1) is 10.8. The predicted molar refractivity (Wildman–Crippen MR) is 85.1 cm³/mol. The van der Waals surface area contributed by atoms with E-state index in [0.717, 1.165) is 23.3 Å². The van der Waals surface area contributed by atoms with Crippen molar-refractivity contribution in [2.24, 2.45) is 0 Å². The highest BCUT2D eigenvalue weighted by atomic mass is 16.5. The Morgan fingerprint density at radius 2 is 2.05 bits per heavy atom. The maximum absolute atomic E-state index is 12.3. The minimum absolute atomic E-state index is 0.105. The molecule has 0 fully saturated rings. The van der Waals surface area contributed by atoms with Crippen LogP contribution in [0, 0.1) is 0 Å². The molecule has 0 spiro atoms. The first-order valence-corrected chi connectivity index (χ1v) is 7.11. The Balaban J connectivity index is 1.61. The van der Waals surface area contributed by atoms with E-state index in [1.165, 1.54) is 0 Å². The second-order valence-corrected chi connectivity index (χ2v) is 4.96. The van der Waals surface area contributed by atoms with Crippen molar-refractivity contribution >= 4 is 16.9 Å². The van der Waals surface area contributed by atoms with E-state index >= 15 is 0 Å². The first-order valence-electron chi connectivity index (χ1n) is 7.11. The monoisotopic (exact) mass is 295 g/mol. The number of hydrogen-bond acceptors (Lipinski definition) is 3. The number of aromatic amines is 1. The molecular formula is C17H17N3O2. The molecule has 3 aromatic rings. The fraction of sp³-hybridized carbons (Fsp3) is 0.176. The summed E-state index contributed by atoms with van der Waals surface area (Å²) in [6, 6.07) is 13.4. The Morgan fingerprint density at radius 1 is 1.23 bits per heavy atom. The number of carbonyl (C=O) groups is 1. The molecule has 5 nitrogen and oxygen atoms in total. The maximum atomic E-state index is 12.3. The first kappa shape index (κ1) is 14.1. The average Bonchev–Trinajstić information content (AvgIpc) is 3.04. The summed E-state index contributed by atoms with van der Waals surface area (Å²) in [7, 11) is 1.64. The number of nitrogens with zero attached hydrogens (tertiary/aromatic N) is 1. The van der Waals surface area contributed by atoms with Crippen LogP contribution in [-0.4, -0.2) is 29.5 Å². The smallest absolute Gasteiger partial charge is 0.253 e. The number of amides is 1. The Bertz CT molecular complexity index is 778. The normalized spacial score (nSPS) is 10.6. The summed E-state index contributed by atoms with van der Waals surface area (Å²) in [6.45, 7) is 0.575. The lowest BCUT2D eigenvalue weighted by Crippen LogP contribution is -2.25. The van der Waals surface area contributed by atoms with Crippen LogP contribution >= 0.6 is 0 Å². The van der Waals surface area contributed by atoms with Gasteiger partial charge < -0.3 is 15.0 Å². The number of carbonyl (C=O) groups excluding carboxylic acids is 1. The van der Waals surface area contributed by atoms with E-state index in [0.29, 0.717) is 17.6 Å². The van der Waals surface area contributed by atoms with E-state index < -0.39 is 0 Å². The summed E-state index contributed by atoms with van der Waals surface area (Å²) < 4.78 is 5.12. The van der Waals surface area contributed by atoms with Crippen molar-refractivity contribution in [3.8, 4) is 5.75 Å². The lowest BCUT2D eigenvalue weighted by Gasteiger charge is -2.07. The second-order valence-electron chi connectivity index (χ2n) is 4.96. The highest BCUT2D eigenvalue weighted by Gasteiger charge is 2.10. The number of aromatic nitrogens is 2. The van der Waals surface area contributed by atoms with E-state index in [9.17, 15) is 4.79 Å². The molecule has 0 atom stereocenters. The van der Waals surface area contributed by atoms with Crippen molar-refractivity contribution in [2.75, 3.05) is 13.7 Å². The van der Waals surface area contributed by atoms with Gasteiger partial charge in [0.25, 0.3) is 5.91 Å². The Hall–Kier alpha value is -2.82. The molecule has 5 heteroatoms. The van der Waals surface area contributed by atoms with Crippen LogP contribution < -0.4 is 10.1 Å². The summed E-state index contributed by atoms with van der Waals surface area (Å²) in [5.74, 6) is 0.726. The molecule has 1 aromatic heterocycles. The quantitative estimate of drug-likeness (QED) is 0.760. The number of hydrogen-bond donors (Lipinski definition) is 2. The van der Waals surface area contributed by atoms with Crippen molar-refractivity contribution in [2.45, 2.75) is 6.42 Å². The second kappa shape index (κ2) is 6.30. The van der Waals surface area contributed by atoms with Crippen LogP contribution in [-0.2, 0) is 6.42 Å². The molecule has 22 heavy (non-hydrogen) atoms. The Morgan fingerprint density at radius 3 is 2.82 bits per heavy atom. The van der Waals surface area contributed by atoms with Crippen molar-refractivity contribution < 1.29 is 9.53 Å². The van der Waals surface area contributed by atoms with Crippen LogP contribution in [0.25, 0.3) is 11.0 Å². The van der Waals surface area contributed by atoms with Crippen LogP contribution in [0.1, 0.15) is 15.9 Å². The zero-order chi connectivity index (χ0) is 15.4. The zero-order valence-corrected chi connectivity index (χ0v) is 12.3. The molecular weight excluding hydrogens is 278 g/mol. The SMILES string of the molecule is COc1ccc(CCNC(=O)c2cccc3[nH]cnc23)cc1. The summed E-state index contributed by atoms with van der Waals surface area (Å²) >= 11 is 0. The molecule has 0 unspecified atom stereocenters. The lowest BCUT2D eigenvalue weighted by atomic mass is 10.1. The van der Waals surface area contributed by atoms with Gasteiger partial charge in [-0.15, -0.1) is 0 Å². The number of rotatable bonds is 5. The van der Waals surface area contributed by atoms with Crippen LogP contribution in [0.15, 0.2) is 48.8 Å². The van der Waals surface area contributed by atoms with Crippen LogP contribution in [0.5, 0.6) is 5.75 Å². The van der Waals surface area contributed by atoms with Gasteiger partial charge in [0.2, 0.25) is 0 Å². The molecule has 3 rings (SSSR count). The molecule has 2 N–H and O–H groups in total. The molecule has 0 aliphatic heterocycles. The number of ether oxygens (including phenoxy) is 1. The third kappa shape index (κ3) is 2.93. The minimum atomic E-state index is -0.105. The van der Waals surface area contributed by atoms with E-state index in [-0.39, 0.29) is 5.91 Å². The number of H-pyrrole nitrogens is 1. The van der Waals surface area contributed by atoms with Gasteiger partial charge in [0, 0.05) is 6.54 Å². The summed E-state index contributed by atoms with van der Waals surface area (Å²) in [4.78, 5) is 19.5. The van der Waals surface area contributed by atoms with Crippen molar-refractivity contribution in [3.05, 3.63) is 59.9 Å².